The number of amides is 1. The van der Waals surface area contributed by atoms with E-state index in [0.29, 0.717) is 5.71 Å². The summed E-state index contributed by atoms with van der Waals surface area (Å²) in [5.74, 6) is -0.184. The van der Waals surface area contributed by atoms with Crippen molar-refractivity contribution in [3.8, 4) is 0 Å². The third-order valence-corrected chi connectivity index (χ3v) is 4.90. The zero-order chi connectivity index (χ0) is 15.6. The van der Waals surface area contributed by atoms with Gasteiger partial charge in [0.1, 0.15) is 0 Å². The zero-order valence-electron chi connectivity index (χ0n) is 12.9. The van der Waals surface area contributed by atoms with E-state index in [0.717, 1.165) is 36.4 Å². The van der Waals surface area contributed by atoms with E-state index in [2.05, 4.69) is 33.5 Å². The molecule has 0 radical (unpaired) electrons. The highest BCUT2D eigenvalue weighted by atomic mass is 16.2. The fraction of sp³-hybridized carbons (Fsp3) is 0.278. The van der Waals surface area contributed by atoms with Gasteiger partial charge in [-0.1, -0.05) is 6.07 Å². The average molecular weight is 304 g/mol. The molecule has 2 aliphatic carbocycles. The maximum Gasteiger partial charge on any atom is 0.276 e. The van der Waals surface area contributed by atoms with Crippen LogP contribution < -0.4 is 10.2 Å². The lowest BCUT2D eigenvalue weighted by atomic mass is 10.0. The molecule has 0 saturated heterocycles. The number of aryl methyl sites for hydroxylation is 1. The maximum absolute atomic E-state index is 12.5. The lowest BCUT2D eigenvalue weighted by molar-refractivity contribution is -0.110. The smallest absolute Gasteiger partial charge is 0.276 e. The third kappa shape index (κ3) is 1.89. The topological polar surface area (TPSA) is 57.1 Å². The van der Waals surface area contributed by atoms with E-state index in [-0.39, 0.29) is 5.91 Å². The highest BCUT2D eigenvalue weighted by molar-refractivity contribution is 6.58. The number of nitrogens with one attached hydrogen (secondary N) is 1. The molecule has 0 unspecified atom stereocenters. The minimum atomic E-state index is -0.184. The van der Waals surface area contributed by atoms with E-state index < -0.39 is 0 Å². The molecule has 0 bridgehead atoms. The summed E-state index contributed by atoms with van der Waals surface area (Å²) in [5.41, 5.74) is 8.11. The molecule has 1 aromatic rings. The van der Waals surface area contributed by atoms with Crippen molar-refractivity contribution in [3.63, 3.8) is 0 Å². The molecule has 2 aliphatic heterocycles. The van der Waals surface area contributed by atoms with Gasteiger partial charge in [-0.2, -0.15) is 0 Å². The van der Waals surface area contributed by atoms with E-state index in [1.54, 1.807) is 0 Å². The van der Waals surface area contributed by atoms with E-state index in [4.69, 9.17) is 0 Å². The lowest BCUT2D eigenvalue weighted by Gasteiger charge is -2.28. The minimum Gasteiger partial charge on any atom is -0.374 e. The van der Waals surface area contributed by atoms with Gasteiger partial charge in [-0.15, -0.1) is 10.2 Å². The number of anilines is 2. The molecule has 5 rings (SSSR count). The van der Waals surface area contributed by atoms with Crippen molar-refractivity contribution in [2.75, 3.05) is 23.8 Å². The molecular formula is C18H16N4O. The lowest BCUT2D eigenvalue weighted by Crippen LogP contribution is -2.26. The molecule has 0 fully saturated rings. The molecule has 114 valence electrons. The van der Waals surface area contributed by atoms with Gasteiger partial charge in [0, 0.05) is 37.0 Å². The van der Waals surface area contributed by atoms with Crippen molar-refractivity contribution >= 4 is 28.7 Å². The number of fused-ring (bicyclic) bond motifs is 3. The highest BCUT2D eigenvalue weighted by Gasteiger charge is 2.40. The van der Waals surface area contributed by atoms with Gasteiger partial charge in [0.15, 0.2) is 5.71 Å². The Kier molecular flexibility index (Phi) is 2.46. The Morgan fingerprint density at radius 3 is 3.13 bits per heavy atom. The first-order chi connectivity index (χ1) is 11.2. The highest BCUT2D eigenvalue weighted by Crippen LogP contribution is 2.44. The van der Waals surface area contributed by atoms with Crippen LogP contribution in [0.15, 0.2) is 51.2 Å². The van der Waals surface area contributed by atoms with Crippen molar-refractivity contribution in [2.45, 2.75) is 19.3 Å². The van der Waals surface area contributed by atoms with E-state index in [1.807, 2.05) is 18.2 Å². The van der Waals surface area contributed by atoms with Crippen LogP contribution in [-0.2, 0) is 11.2 Å². The van der Waals surface area contributed by atoms with Crippen LogP contribution >= 0.6 is 0 Å². The average Bonchev–Trinajstić information content (AvgIpc) is 3.02. The molecular weight excluding hydrogens is 288 g/mol. The van der Waals surface area contributed by atoms with Crippen LogP contribution in [0, 0.1) is 0 Å². The Morgan fingerprint density at radius 1 is 1.30 bits per heavy atom. The number of carbonyl (C=O) groups excluding carboxylic acids is 1. The van der Waals surface area contributed by atoms with Gasteiger partial charge in [-0.05, 0) is 47.8 Å². The standard InChI is InChI=1S/C18H16N4O/c1-22-6-2-3-10-4-5-12(9-15(10)22)19-18(23)17-14-8-11-7-13(11)16(14)20-21-17/h4-5,8-9H,2-3,6-7H2,1H3,(H,19,23). The van der Waals surface area contributed by atoms with Gasteiger partial charge in [-0.25, -0.2) is 0 Å². The Balaban J connectivity index is 1.38. The molecule has 1 N–H and O–H groups in total. The van der Waals surface area contributed by atoms with Crippen LogP contribution in [0.4, 0.5) is 11.4 Å². The molecule has 5 nitrogen and oxygen atoms in total. The van der Waals surface area contributed by atoms with Gasteiger partial charge in [0.2, 0.25) is 0 Å². The number of nitrogens with zero attached hydrogens (tertiary/aromatic N) is 3. The van der Waals surface area contributed by atoms with Gasteiger partial charge >= 0.3 is 0 Å². The van der Waals surface area contributed by atoms with Crippen molar-refractivity contribution in [3.05, 3.63) is 46.6 Å². The Bertz CT molecular complexity index is 888. The molecule has 0 saturated carbocycles. The SMILES string of the molecule is CN1CCCc2ccc(NC(=O)C3=NN=C4C3=CC3=C4C3)cc21. The van der Waals surface area contributed by atoms with Crippen molar-refractivity contribution < 1.29 is 4.79 Å². The molecule has 23 heavy (non-hydrogen) atoms. The van der Waals surface area contributed by atoms with Crippen LogP contribution in [0.1, 0.15) is 18.4 Å². The molecule has 0 aromatic heterocycles. The number of hydrogen-bond donors (Lipinski definition) is 1. The van der Waals surface area contributed by atoms with E-state index >= 15 is 0 Å². The van der Waals surface area contributed by atoms with Gasteiger partial charge in [0.25, 0.3) is 5.91 Å². The predicted octanol–water partition coefficient (Wildman–Crippen LogP) is 2.46. The van der Waals surface area contributed by atoms with Crippen LogP contribution in [0.5, 0.6) is 0 Å². The molecule has 0 spiro atoms. The Hall–Kier alpha value is -2.69. The molecule has 4 aliphatic rings. The fourth-order valence-electron chi connectivity index (χ4n) is 3.57. The number of allylic oxidation sites excluding steroid dienone is 3. The third-order valence-electron chi connectivity index (χ3n) is 4.90. The summed E-state index contributed by atoms with van der Waals surface area (Å²) in [4.78, 5) is 14.8. The second-order valence-corrected chi connectivity index (χ2v) is 6.46. The monoisotopic (exact) mass is 304 g/mol. The van der Waals surface area contributed by atoms with Gasteiger partial charge < -0.3 is 10.2 Å². The van der Waals surface area contributed by atoms with E-state index in [9.17, 15) is 4.79 Å². The number of rotatable bonds is 2. The second-order valence-electron chi connectivity index (χ2n) is 6.46. The summed E-state index contributed by atoms with van der Waals surface area (Å²) < 4.78 is 0. The number of carbonyl (C=O) groups is 1. The van der Waals surface area contributed by atoms with Crippen molar-refractivity contribution in [1.29, 1.82) is 0 Å². The van der Waals surface area contributed by atoms with Crippen LogP contribution in [-0.4, -0.2) is 30.9 Å². The summed E-state index contributed by atoms with van der Waals surface area (Å²) in [6.07, 6.45) is 5.32. The van der Waals surface area contributed by atoms with Crippen LogP contribution in [0.25, 0.3) is 0 Å². The second kappa shape index (κ2) is 4.41. The Morgan fingerprint density at radius 2 is 2.22 bits per heavy atom. The van der Waals surface area contributed by atoms with Gasteiger partial charge in [0.05, 0.1) is 5.71 Å². The summed E-state index contributed by atoms with van der Waals surface area (Å²) in [7, 11) is 2.09. The molecule has 5 heteroatoms. The van der Waals surface area contributed by atoms with Crippen molar-refractivity contribution in [1.82, 2.24) is 0 Å². The fourth-order valence-corrected chi connectivity index (χ4v) is 3.57. The molecule has 1 aromatic carbocycles. The number of benzene rings is 1. The summed E-state index contributed by atoms with van der Waals surface area (Å²) >= 11 is 0. The first kappa shape index (κ1) is 12.8. The normalized spacial score (nSPS) is 20.4. The first-order valence-corrected chi connectivity index (χ1v) is 7.96. The summed E-state index contributed by atoms with van der Waals surface area (Å²) in [6.45, 7) is 1.05. The molecule has 1 amide bonds. The van der Waals surface area contributed by atoms with E-state index in [1.165, 1.54) is 28.8 Å². The zero-order valence-corrected chi connectivity index (χ0v) is 12.9. The van der Waals surface area contributed by atoms with Crippen molar-refractivity contribution in [2.24, 2.45) is 10.2 Å². The maximum atomic E-state index is 12.5. The van der Waals surface area contributed by atoms with Crippen LogP contribution in [0.2, 0.25) is 0 Å². The summed E-state index contributed by atoms with van der Waals surface area (Å²) in [6, 6.07) is 6.12. The number of hydrogen-bond acceptors (Lipinski definition) is 4. The predicted molar refractivity (Wildman–Crippen MR) is 91.3 cm³/mol. The largest absolute Gasteiger partial charge is 0.374 e. The quantitative estimate of drug-likeness (QED) is 0.912. The summed E-state index contributed by atoms with van der Waals surface area (Å²) in [5, 5.41) is 11.2. The Labute approximate surface area is 134 Å². The van der Waals surface area contributed by atoms with Crippen LogP contribution in [0.3, 0.4) is 0 Å². The molecule has 2 heterocycles. The minimum absolute atomic E-state index is 0.184. The first-order valence-electron chi connectivity index (χ1n) is 7.96. The molecule has 0 atom stereocenters. The van der Waals surface area contributed by atoms with Gasteiger partial charge in [-0.3, -0.25) is 4.79 Å².